The fraction of sp³-hybridized carbons (Fsp3) is 0.500. The van der Waals surface area contributed by atoms with E-state index < -0.39 is 0 Å². The van der Waals surface area contributed by atoms with E-state index in [0.29, 0.717) is 10.5 Å². The van der Waals surface area contributed by atoms with Crippen LogP contribution in [0.5, 0.6) is 0 Å². The van der Waals surface area contributed by atoms with Crippen molar-refractivity contribution in [2.24, 2.45) is 0 Å². The smallest absolute Gasteiger partial charge is 0.223 e. The van der Waals surface area contributed by atoms with Crippen LogP contribution in [0.4, 0.5) is 0 Å². The summed E-state index contributed by atoms with van der Waals surface area (Å²) in [6.07, 6.45) is 2.90. The lowest BCUT2D eigenvalue weighted by Gasteiger charge is -2.05. The highest BCUT2D eigenvalue weighted by Crippen LogP contribution is 2.25. The Hall–Kier alpha value is -0.320. The van der Waals surface area contributed by atoms with E-state index in [1.165, 1.54) is 6.42 Å². The van der Waals surface area contributed by atoms with Crippen molar-refractivity contribution in [1.29, 1.82) is 0 Å². The molecule has 1 unspecified atom stereocenters. The maximum Gasteiger partial charge on any atom is 0.223 e. The zero-order valence-electron chi connectivity index (χ0n) is 7.03. The molecule has 5 heteroatoms. The summed E-state index contributed by atoms with van der Waals surface area (Å²) in [5.74, 6) is 0. The third kappa shape index (κ3) is 2.56. The molecule has 1 atom stereocenters. The lowest BCUT2D eigenvalue weighted by atomic mass is 10.4. The molecule has 2 rings (SSSR count). The van der Waals surface area contributed by atoms with Crippen molar-refractivity contribution in [1.82, 2.24) is 15.3 Å². The van der Waals surface area contributed by atoms with Crippen LogP contribution in [-0.2, 0) is 0 Å². The third-order valence-corrected chi connectivity index (χ3v) is 3.29. The van der Waals surface area contributed by atoms with E-state index in [1.54, 1.807) is 18.0 Å². The Morgan fingerprint density at radius 3 is 3.23 bits per heavy atom. The van der Waals surface area contributed by atoms with Crippen LogP contribution in [-0.4, -0.2) is 28.3 Å². The van der Waals surface area contributed by atoms with Gasteiger partial charge in [-0.05, 0) is 30.6 Å². The molecule has 3 nitrogen and oxygen atoms in total. The highest BCUT2D eigenvalue weighted by Gasteiger charge is 2.16. The van der Waals surface area contributed by atoms with Gasteiger partial charge in [-0.2, -0.15) is 0 Å². The molecule has 2 heterocycles. The predicted octanol–water partition coefficient (Wildman–Crippen LogP) is 1.58. The number of hydrogen-bond donors (Lipinski definition) is 1. The molecule has 0 amide bonds. The van der Waals surface area contributed by atoms with Gasteiger partial charge in [0.2, 0.25) is 5.28 Å². The minimum Gasteiger partial charge on any atom is -0.316 e. The lowest BCUT2D eigenvalue weighted by molar-refractivity contribution is 0.858. The maximum absolute atomic E-state index is 5.68. The maximum atomic E-state index is 5.68. The van der Waals surface area contributed by atoms with Gasteiger partial charge in [0, 0.05) is 18.0 Å². The Labute approximate surface area is 86.3 Å². The van der Waals surface area contributed by atoms with Crippen LogP contribution in [0.1, 0.15) is 6.42 Å². The molecule has 0 radical (unpaired) electrons. The molecular formula is C8H10ClN3S. The van der Waals surface area contributed by atoms with E-state index in [-0.39, 0.29) is 0 Å². The first-order valence-electron chi connectivity index (χ1n) is 4.20. The van der Waals surface area contributed by atoms with Gasteiger partial charge in [0.15, 0.2) is 0 Å². The van der Waals surface area contributed by atoms with Crippen LogP contribution in [0.15, 0.2) is 17.3 Å². The number of hydrogen-bond acceptors (Lipinski definition) is 4. The monoisotopic (exact) mass is 215 g/mol. The summed E-state index contributed by atoms with van der Waals surface area (Å²) >= 11 is 7.45. The topological polar surface area (TPSA) is 37.8 Å². The fourth-order valence-corrected chi connectivity index (χ4v) is 2.54. The van der Waals surface area contributed by atoms with Crippen molar-refractivity contribution in [3.8, 4) is 0 Å². The quantitative estimate of drug-likeness (QED) is 0.601. The van der Waals surface area contributed by atoms with Crippen molar-refractivity contribution < 1.29 is 0 Å². The van der Waals surface area contributed by atoms with Crippen LogP contribution < -0.4 is 5.32 Å². The summed E-state index contributed by atoms with van der Waals surface area (Å²) in [5, 5.41) is 5.24. The molecule has 0 saturated carbocycles. The summed E-state index contributed by atoms with van der Waals surface area (Å²) in [6.45, 7) is 2.17. The average Bonchev–Trinajstić information content (AvgIpc) is 2.57. The van der Waals surface area contributed by atoms with E-state index in [9.17, 15) is 0 Å². The molecule has 1 fully saturated rings. The highest BCUT2D eigenvalue weighted by atomic mass is 35.5. The Bertz CT molecular complexity index is 288. The number of thioether (sulfide) groups is 1. The lowest BCUT2D eigenvalue weighted by Crippen LogP contribution is -2.10. The Morgan fingerprint density at radius 2 is 2.54 bits per heavy atom. The van der Waals surface area contributed by atoms with Gasteiger partial charge < -0.3 is 5.32 Å². The van der Waals surface area contributed by atoms with Crippen LogP contribution >= 0.6 is 23.4 Å². The third-order valence-electron chi connectivity index (χ3n) is 1.90. The van der Waals surface area contributed by atoms with E-state index in [2.05, 4.69) is 15.3 Å². The van der Waals surface area contributed by atoms with E-state index in [4.69, 9.17) is 11.6 Å². The van der Waals surface area contributed by atoms with Crippen molar-refractivity contribution in [2.75, 3.05) is 13.1 Å². The predicted molar refractivity (Wildman–Crippen MR) is 54.2 cm³/mol. The zero-order chi connectivity index (χ0) is 9.10. The minimum absolute atomic E-state index is 0.330. The van der Waals surface area contributed by atoms with Crippen molar-refractivity contribution in [3.63, 3.8) is 0 Å². The van der Waals surface area contributed by atoms with Crippen LogP contribution in [0.25, 0.3) is 0 Å². The molecule has 0 spiro atoms. The SMILES string of the molecule is Clc1nccc(SC2CCNC2)n1. The van der Waals surface area contributed by atoms with E-state index in [1.807, 2.05) is 6.07 Å². The molecule has 0 aliphatic carbocycles. The molecule has 1 aliphatic heterocycles. The zero-order valence-corrected chi connectivity index (χ0v) is 8.61. The van der Waals surface area contributed by atoms with Gasteiger partial charge in [0.25, 0.3) is 0 Å². The average molecular weight is 216 g/mol. The summed E-state index contributed by atoms with van der Waals surface area (Å²) in [5.41, 5.74) is 0. The largest absolute Gasteiger partial charge is 0.316 e. The fourth-order valence-electron chi connectivity index (χ4n) is 1.28. The first-order chi connectivity index (χ1) is 6.34. The van der Waals surface area contributed by atoms with E-state index in [0.717, 1.165) is 18.1 Å². The van der Waals surface area contributed by atoms with Crippen LogP contribution in [0.3, 0.4) is 0 Å². The Balaban J connectivity index is 2.00. The molecule has 0 bridgehead atoms. The Morgan fingerprint density at radius 1 is 1.62 bits per heavy atom. The second kappa shape index (κ2) is 4.26. The summed E-state index contributed by atoms with van der Waals surface area (Å²) in [4.78, 5) is 7.97. The van der Waals surface area contributed by atoms with Gasteiger partial charge in [-0.15, -0.1) is 11.8 Å². The molecule has 70 valence electrons. The van der Waals surface area contributed by atoms with Crippen LogP contribution in [0.2, 0.25) is 5.28 Å². The van der Waals surface area contributed by atoms with Gasteiger partial charge in [-0.1, -0.05) is 0 Å². The first-order valence-corrected chi connectivity index (χ1v) is 5.46. The number of nitrogens with one attached hydrogen (secondary N) is 1. The molecular weight excluding hydrogens is 206 g/mol. The normalized spacial score (nSPS) is 22.1. The van der Waals surface area contributed by atoms with E-state index >= 15 is 0 Å². The molecule has 1 aromatic rings. The van der Waals surface area contributed by atoms with Gasteiger partial charge >= 0.3 is 0 Å². The summed E-state index contributed by atoms with van der Waals surface area (Å²) in [7, 11) is 0. The van der Waals surface area contributed by atoms with Gasteiger partial charge in [0.05, 0.1) is 0 Å². The number of halogens is 1. The number of rotatable bonds is 2. The minimum atomic E-state index is 0.330. The van der Waals surface area contributed by atoms with Crippen molar-refractivity contribution in [3.05, 3.63) is 17.5 Å². The van der Waals surface area contributed by atoms with Crippen molar-refractivity contribution in [2.45, 2.75) is 16.7 Å². The molecule has 1 aliphatic rings. The number of aromatic nitrogens is 2. The van der Waals surface area contributed by atoms with Gasteiger partial charge in [0.1, 0.15) is 5.03 Å². The van der Waals surface area contributed by atoms with Crippen molar-refractivity contribution >= 4 is 23.4 Å². The summed E-state index contributed by atoms with van der Waals surface area (Å²) < 4.78 is 0. The second-order valence-electron chi connectivity index (χ2n) is 2.90. The molecule has 0 aromatic carbocycles. The second-order valence-corrected chi connectivity index (χ2v) is 4.56. The summed E-state index contributed by atoms with van der Waals surface area (Å²) in [6, 6.07) is 1.90. The highest BCUT2D eigenvalue weighted by molar-refractivity contribution is 7.99. The standard InChI is InChI=1S/C8H10ClN3S/c9-8-11-4-2-7(12-8)13-6-1-3-10-5-6/h2,4,6,10H,1,3,5H2. The molecule has 1 N–H and O–H groups in total. The van der Waals surface area contributed by atoms with Gasteiger partial charge in [-0.25, -0.2) is 9.97 Å². The Kier molecular flexibility index (Phi) is 3.03. The van der Waals surface area contributed by atoms with Crippen LogP contribution in [0, 0.1) is 0 Å². The first kappa shape index (κ1) is 9.24. The molecule has 1 saturated heterocycles. The van der Waals surface area contributed by atoms with Gasteiger partial charge in [-0.3, -0.25) is 0 Å². The molecule has 13 heavy (non-hydrogen) atoms. The molecule has 1 aromatic heterocycles. The number of nitrogens with zero attached hydrogens (tertiary/aromatic N) is 2.